The molecule has 0 fully saturated rings. The summed E-state index contributed by atoms with van der Waals surface area (Å²) in [5.41, 5.74) is 2.37. The summed E-state index contributed by atoms with van der Waals surface area (Å²) in [6.07, 6.45) is 1.76. The van der Waals surface area contributed by atoms with E-state index in [9.17, 15) is 0 Å². The van der Waals surface area contributed by atoms with E-state index in [1.165, 1.54) is 0 Å². The van der Waals surface area contributed by atoms with Gasteiger partial charge in [-0.2, -0.15) is 5.26 Å². The highest BCUT2D eigenvalue weighted by atomic mass is 79.9. The molecule has 1 unspecified atom stereocenters. The molecule has 1 N–H and O–H groups in total. The molecule has 2 aromatic rings. The lowest BCUT2D eigenvalue weighted by Gasteiger charge is -2.16. The van der Waals surface area contributed by atoms with Crippen molar-refractivity contribution >= 4 is 21.6 Å². The molecule has 3 nitrogen and oxygen atoms in total. The summed E-state index contributed by atoms with van der Waals surface area (Å²) in [7, 11) is 0. The summed E-state index contributed by atoms with van der Waals surface area (Å²) in [5.74, 6) is 0. The highest BCUT2D eigenvalue weighted by molar-refractivity contribution is 9.10. The Hall–Kier alpha value is -1.86. The largest absolute Gasteiger partial charge is 0.376 e. The Labute approximate surface area is 115 Å². The van der Waals surface area contributed by atoms with E-state index in [1.54, 1.807) is 6.20 Å². The lowest BCUT2D eigenvalue weighted by molar-refractivity contribution is 0.838. The lowest BCUT2D eigenvalue weighted by Crippen LogP contribution is -2.09. The Morgan fingerprint density at radius 2 is 2.11 bits per heavy atom. The first kappa shape index (κ1) is 12.6. The van der Waals surface area contributed by atoms with E-state index in [0.29, 0.717) is 5.56 Å². The number of nitrogens with one attached hydrogen (secondary N) is 1. The van der Waals surface area contributed by atoms with E-state index in [-0.39, 0.29) is 6.04 Å². The first-order chi connectivity index (χ1) is 8.72. The van der Waals surface area contributed by atoms with Crippen LogP contribution in [0.15, 0.2) is 47.1 Å². The summed E-state index contributed by atoms with van der Waals surface area (Å²) >= 11 is 3.38. The molecule has 0 aliphatic carbocycles. The molecule has 1 aromatic heterocycles. The number of hydrogen-bond donors (Lipinski definition) is 1. The van der Waals surface area contributed by atoms with Crippen LogP contribution in [0.25, 0.3) is 0 Å². The fourth-order valence-corrected chi connectivity index (χ4v) is 2.15. The molecule has 0 saturated carbocycles. The molecule has 2 rings (SSSR count). The van der Waals surface area contributed by atoms with Crippen LogP contribution in [0.1, 0.15) is 24.2 Å². The van der Waals surface area contributed by atoms with Crippen molar-refractivity contribution in [2.45, 2.75) is 13.0 Å². The van der Waals surface area contributed by atoms with Crippen molar-refractivity contribution < 1.29 is 0 Å². The number of halogens is 1. The van der Waals surface area contributed by atoms with Gasteiger partial charge in [0.1, 0.15) is 6.07 Å². The molecule has 90 valence electrons. The van der Waals surface area contributed by atoms with E-state index in [1.807, 2.05) is 43.3 Å². The fourth-order valence-electron chi connectivity index (χ4n) is 1.70. The van der Waals surface area contributed by atoms with Gasteiger partial charge in [0.25, 0.3) is 0 Å². The van der Waals surface area contributed by atoms with Crippen LogP contribution in [-0.2, 0) is 0 Å². The number of rotatable bonds is 3. The molecule has 0 aliphatic rings. The maximum absolute atomic E-state index is 9.15. The third kappa shape index (κ3) is 2.69. The monoisotopic (exact) mass is 301 g/mol. The zero-order chi connectivity index (χ0) is 13.0. The Balaban J connectivity index is 2.25. The minimum absolute atomic E-state index is 0.0487. The average molecular weight is 302 g/mol. The molecule has 1 heterocycles. The molecule has 1 atom stereocenters. The Bertz CT molecular complexity index is 575. The molecule has 0 amide bonds. The van der Waals surface area contributed by atoms with Crippen molar-refractivity contribution in [1.29, 1.82) is 5.26 Å². The molecule has 0 spiro atoms. The van der Waals surface area contributed by atoms with Crippen LogP contribution in [0, 0.1) is 11.3 Å². The first-order valence-electron chi connectivity index (χ1n) is 5.58. The van der Waals surface area contributed by atoms with Gasteiger partial charge in [0, 0.05) is 10.7 Å². The Morgan fingerprint density at radius 3 is 2.78 bits per heavy atom. The predicted molar refractivity (Wildman–Crippen MR) is 75.1 cm³/mol. The standard InChI is InChI=1S/C14H12BrN3/c1-10(13-6-2-3-8-17-13)18-14-7-4-5-12(15)11(14)9-16/h2-8,10,18H,1H3. The van der Waals surface area contributed by atoms with Crippen molar-refractivity contribution in [3.8, 4) is 6.07 Å². The van der Waals surface area contributed by atoms with E-state index in [0.717, 1.165) is 15.9 Å². The topological polar surface area (TPSA) is 48.7 Å². The van der Waals surface area contributed by atoms with Crippen LogP contribution in [0.3, 0.4) is 0 Å². The summed E-state index contributed by atoms with van der Waals surface area (Å²) in [4.78, 5) is 4.30. The molecular formula is C14H12BrN3. The van der Waals surface area contributed by atoms with E-state index >= 15 is 0 Å². The van der Waals surface area contributed by atoms with Crippen LogP contribution >= 0.6 is 15.9 Å². The third-order valence-corrected chi connectivity index (χ3v) is 3.29. The van der Waals surface area contributed by atoms with Crippen molar-refractivity contribution in [2.75, 3.05) is 5.32 Å². The maximum Gasteiger partial charge on any atom is 0.103 e. The molecule has 18 heavy (non-hydrogen) atoms. The zero-order valence-corrected chi connectivity index (χ0v) is 11.5. The van der Waals surface area contributed by atoms with Crippen molar-refractivity contribution in [2.24, 2.45) is 0 Å². The van der Waals surface area contributed by atoms with Crippen LogP contribution < -0.4 is 5.32 Å². The minimum atomic E-state index is 0.0487. The number of anilines is 1. The van der Waals surface area contributed by atoms with Crippen molar-refractivity contribution in [1.82, 2.24) is 4.98 Å². The first-order valence-corrected chi connectivity index (χ1v) is 6.37. The normalized spacial score (nSPS) is 11.6. The van der Waals surface area contributed by atoms with Gasteiger partial charge in [-0.15, -0.1) is 0 Å². The van der Waals surface area contributed by atoms with Gasteiger partial charge < -0.3 is 5.32 Å². The SMILES string of the molecule is CC(Nc1cccc(Br)c1C#N)c1ccccn1. The molecule has 1 aromatic carbocycles. The van der Waals surface area contributed by atoms with E-state index < -0.39 is 0 Å². The smallest absolute Gasteiger partial charge is 0.103 e. The molecule has 0 radical (unpaired) electrons. The predicted octanol–water partition coefficient (Wildman–Crippen LogP) is 3.89. The van der Waals surface area contributed by atoms with Gasteiger partial charge in [-0.3, -0.25) is 4.98 Å². The number of nitrogens with zero attached hydrogens (tertiary/aromatic N) is 2. The number of pyridine rings is 1. The maximum atomic E-state index is 9.15. The molecular weight excluding hydrogens is 290 g/mol. The summed E-state index contributed by atoms with van der Waals surface area (Å²) < 4.78 is 0.795. The minimum Gasteiger partial charge on any atom is -0.376 e. The Kier molecular flexibility index (Phi) is 3.96. The van der Waals surface area contributed by atoms with Gasteiger partial charge in [0.15, 0.2) is 0 Å². The second kappa shape index (κ2) is 5.65. The van der Waals surface area contributed by atoms with Gasteiger partial charge in [0.05, 0.1) is 23.0 Å². The van der Waals surface area contributed by atoms with E-state index in [4.69, 9.17) is 5.26 Å². The second-order valence-electron chi connectivity index (χ2n) is 3.89. The van der Waals surface area contributed by atoms with Crippen molar-refractivity contribution in [3.05, 3.63) is 58.3 Å². The summed E-state index contributed by atoms with van der Waals surface area (Å²) in [6.45, 7) is 2.02. The quantitative estimate of drug-likeness (QED) is 0.935. The third-order valence-electron chi connectivity index (χ3n) is 2.63. The summed E-state index contributed by atoms with van der Waals surface area (Å²) in [6, 6.07) is 13.7. The number of nitriles is 1. The molecule has 4 heteroatoms. The van der Waals surface area contributed by atoms with Gasteiger partial charge in [-0.1, -0.05) is 12.1 Å². The van der Waals surface area contributed by atoms with Gasteiger partial charge in [-0.25, -0.2) is 0 Å². The highest BCUT2D eigenvalue weighted by Crippen LogP contribution is 2.26. The van der Waals surface area contributed by atoms with Crippen LogP contribution in [0.2, 0.25) is 0 Å². The second-order valence-corrected chi connectivity index (χ2v) is 4.75. The average Bonchev–Trinajstić information content (AvgIpc) is 2.40. The highest BCUT2D eigenvalue weighted by Gasteiger charge is 2.10. The van der Waals surface area contributed by atoms with Gasteiger partial charge in [0.2, 0.25) is 0 Å². The lowest BCUT2D eigenvalue weighted by atomic mass is 10.1. The van der Waals surface area contributed by atoms with Gasteiger partial charge >= 0.3 is 0 Å². The van der Waals surface area contributed by atoms with Crippen LogP contribution in [0.4, 0.5) is 5.69 Å². The van der Waals surface area contributed by atoms with Gasteiger partial charge in [-0.05, 0) is 47.1 Å². The van der Waals surface area contributed by atoms with Crippen LogP contribution in [0.5, 0.6) is 0 Å². The molecule has 0 aliphatic heterocycles. The van der Waals surface area contributed by atoms with Crippen LogP contribution in [-0.4, -0.2) is 4.98 Å². The number of hydrogen-bond acceptors (Lipinski definition) is 3. The number of benzene rings is 1. The summed E-state index contributed by atoms with van der Waals surface area (Å²) in [5, 5.41) is 12.5. The van der Waals surface area contributed by atoms with E-state index in [2.05, 4.69) is 32.3 Å². The van der Waals surface area contributed by atoms with Crippen molar-refractivity contribution in [3.63, 3.8) is 0 Å². The fraction of sp³-hybridized carbons (Fsp3) is 0.143. The zero-order valence-electron chi connectivity index (χ0n) is 9.89. The molecule has 0 saturated heterocycles. The molecule has 0 bridgehead atoms. The Morgan fingerprint density at radius 1 is 1.28 bits per heavy atom. The number of aromatic nitrogens is 1.